The lowest BCUT2D eigenvalue weighted by molar-refractivity contribution is -0.163. The summed E-state index contributed by atoms with van der Waals surface area (Å²) in [7, 11) is 1.25. The molecule has 126 valence electrons. The number of carboxylic acid groups (broad SMARTS) is 1. The number of hydrogen-bond acceptors (Lipinski definition) is 6. The van der Waals surface area contributed by atoms with Crippen LogP contribution in [0.3, 0.4) is 0 Å². The van der Waals surface area contributed by atoms with Crippen molar-refractivity contribution in [2.75, 3.05) is 7.11 Å². The second kappa shape index (κ2) is 5.32. The Balaban J connectivity index is 1.95. The number of methoxy groups -OCH3 is 1. The zero-order valence-electron chi connectivity index (χ0n) is 13.2. The highest BCUT2D eigenvalue weighted by atomic mass is 16.6. The zero-order valence-corrected chi connectivity index (χ0v) is 13.2. The number of hydrogen-bond donors (Lipinski definition) is 1. The predicted octanol–water partition coefficient (Wildman–Crippen LogP) is 0.714. The minimum Gasteiger partial charge on any atom is -0.481 e. The Hall–Kier alpha value is -1.92. The van der Waals surface area contributed by atoms with Crippen LogP contribution in [0.4, 0.5) is 0 Å². The molecule has 0 aromatic rings. The number of ether oxygens (including phenoxy) is 2. The third kappa shape index (κ3) is 2.09. The zero-order chi connectivity index (χ0) is 17.0. The summed E-state index contributed by atoms with van der Waals surface area (Å²) in [6, 6.07) is 0. The molecule has 1 saturated heterocycles. The number of carboxylic acids is 1. The van der Waals surface area contributed by atoms with Crippen molar-refractivity contribution >= 4 is 23.9 Å². The summed E-state index contributed by atoms with van der Waals surface area (Å²) >= 11 is 0. The summed E-state index contributed by atoms with van der Waals surface area (Å²) < 4.78 is 9.52. The molecule has 0 aromatic carbocycles. The quantitative estimate of drug-likeness (QED) is 0.602. The molecule has 7 nitrogen and oxygen atoms in total. The lowest BCUT2D eigenvalue weighted by atomic mass is 9.63. The van der Waals surface area contributed by atoms with Crippen LogP contribution < -0.4 is 0 Å². The predicted molar refractivity (Wildman–Crippen MR) is 74.6 cm³/mol. The fraction of sp³-hybridized carbons (Fsp3) is 0.750. The molecule has 8 unspecified atom stereocenters. The van der Waals surface area contributed by atoms with E-state index in [4.69, 9.17) is 9.47 Å². The van der Waals surface area contributed by atoms with Gasteiger partial charge in [0, 0.05) is 0 Å². The molecule has 2 bridgehead atoms. The van der Waals surface area contributed by atoms with Crippen LogP contribution in [-0.2, 0) is 28.7 Å². The maximum atomic E-state index is 12.1. The molecule has 1 N–H and O–H groups in total. The molecule has 0 spiro atoms. The Labute approximate surface area is 133 Å². The van der Waals surface area contributed by atoms with E-state index in [2.05, 4.69) is 0 Å². The molecule has 1 aliphatic heterocycles. The fourth-order valence-corrected chi connectivity index (χ4v) is 5.24. The molecule has 0 aromatic heterocycles. The van der Waals surface area contributed by atoms with Crippen LogP contribution >= 0.6 is 0 Å². The van der Waals surface area contributed by atoms with Crippen LogP contribution in [-0.4, -0.2) is 36.1 Å². The van der Waals surface area contributed by atoms with E-state index in [9.17, 15) is 24.3 Å². The Morgan fingerprint density at radius 2 is 1.78 bits per heavy atom. The van der Waals surface area contributed by atoms with Crippen LogP contribution in [0.1, 0.15) is 20.3 Å². The Morgan fingerprint density at radius 1 is 1.13 bits per heavy atom. The van der Waals surface area contributed by atoms with Gasteiger partial charge in [-0.15, -0.1) is 0 Å². The van der Waals surface area contributed by atoms with Gasteiger partial charge in [0.15, 0.2) is 0 Å². The third-order valence-corrected chi connectivity index (χ3v) is 6.19. The highest BCUT2D eigenvalue weighted by molar-refractivity contribution is 5.96. The maximum Gasteiger partial charge on any atom is 0.317 e. The summed E-state index contributed by atoms with van der Waals surface area (Å²) in [4.78, 5) is 47.5. The van der Waals surface area contributed by atoms with Crippen LogP contribution in [0.15, 0.2) is 0 Å². The van der Waals surface area contributed by atoms with E-state index < -0.39 is 47.5 Å². The average molecular weight is 324 g/mol. The third-order valence-electron chi connectivity index (χ3n) is 6.19. The minimum absolute atomic E-state index is 0.0365. The summed E-state index contributed by atoms with van der Waals surface area (Å²) in [5.41, 5.74) is 0. The SMILES string of the molecule is COC(=O)C1C2CC(C1C(=O)O)C(C1C(=O)OC(=O)C1C)C2C. The minimum atomic E-state index is -1.05. The maximum absolute atomic E-state index is 12.1. The number of carbonyl (C=O) groups excluding carboxylic acids is 3. The summed E-state index contributed by atoms with van der Waals surface area (Å²) in [6.45, 7) is 3.57. The van der Waals surface area contributed by atoms with Gasteiger partial charge in [0.25, 0.3) is 0 Å². The van der Waals surface area contributed by atoms with Crippen molar-refractivity contribution in [2.24, 2.45) is 47.3 Å². The van der Waals surface area contributed by atoms with Crippen molar-refractivity contribution in [3.8, 4) is 0 Å². The first-order chi connectivity index (χ1) is 10.8. The molecule has 0 radical (unpaired) electrons. The van der Waals surface area contributed by atoms with Gasteiger partial charge >= 0.3 is 23.9 Å². The molecule has 2 saturated carbocycles. The van der Waals surface area contributed by atoms with Crippen molar-refractivity contribution in [3.05, 3.63) is 0 Å². The second-order valence-corrected chi connectivity index (χ2v) is 6.97. The number of carbonyl (C=O) groups is 4. The van der Waals surface area contributed by atoms with Gasteiger partial charge in [0.1, 0.15) is 0 Å². The number of rotatable bonds is 3. The van der Waals surface area contributed by atoms with Crippen molar-refractivity contribution in [1.82, 2.24) is 0 Å². The van der Waals surface area contributed by atoms with E-state index in [1.54, 1.807) is 6.92 Å². The summed E-state index contributed by atoms with van der Waals surface area (Å²) in [5.74, 6) is -6.16. The van der Waals surface area contributed by atoms with Crippen LogP contribution in [0, 0.1) is 47.3 Å². The average Bonchev–Trinajstić information content (AvgIpc) is 3.10. The van der Waals surface area contributed by atoms with E-state index in [-0.39, 0.29) is 23.7 Å². The van der Waals surface area contributed by atoms with E-state index in [1.165, 1.54) is 7.11 Å². The molecule has 3 rings (SSSR count). The summed E-state index contributed by atoms with van der Waals surface area (Å²) in [5, 5.41) is 9.59. The van der Waals surface area contributed by atoms with Gasteiger partial charge in [0.2, 0.25) is 0 Å². The van der Waals surface area contributed by atoms with Crippen molar-refractivity contribution in [3.63, 3.8) is 0 Å². The number of fused-ring (bicyclic) bond motifs is 2. The topological polar surface area (TPSA) is 107 Å². The second-order valence-electron chi connectivity index (χ2n) is 6.97. The largest absolute Gasteiger partial charge is 0.481 e. The first-order valence-corrected chi connectivity index (χ1v) is 7.85. The van der Waals surface area contributed by atoms with E-state index in [0.717, 1.165) is 0 Å². The van der Waals surface area contributed by atoms with Gasteiger partial charge in [-0.25, -0.2) is 0 Å². The lowest BCUT2D eigenvalue weighted by Gasteiger charge is -2.38. The number of aliphatic carboxylic acids is 1. The number of cyclic esters (lactones) is 2. The Kier molecular flexibility index (Phi) is 3.69. The molecule has 7 heteroatoms. The number of esters is 3. The van der Waals surface area contributed by atoms with E-state index in [1.807, 2.05) is 6.92 Å². The molecule has 8 atom stereocenters. The van der Waals surface area contributed by atoms with Gasteiger partial charge in [-0.05, 0) is 30.1 Å². The molecule has 0 amide bonds. The van der Waals surface area contributed by atoms with E-state index >= 15 is 0 Å². The fourth-order valence-electron chi connectivity index (χ4n) is 5.24. The Morgan fingerprint density at radius 3 is 2.26 bits per heavy atom. The van der Waals surface area contributed by atoms with Crippen molar-refractivity contribution in [2.45, 2.75) is 20.3 Å². The molecule has 23 heavy (non-hydrogen) atoms. The van der Waals surface area contributed by atoms with Crippen LogP contribution in [0.2, 0.25) is 0 Å². The van der Waals surface area contributed by atoms with E-state index in [0.29, 0.717) is 6.42 Å². The highest BCUT2D eigenvalue weighted by Gasteiger charge is 2.65. The van der Waals surface area contributed by atoms with Gasteiger partial charge in [0.05, 0.1) is 30.8 Å². The molecule has 2 aliphatic carbocycles. The standard InChI is InChI=1S/C16H20O7/c1-5-7-4-8(11(13(17)18)12(7)15(20)22-3)9(5)10-6(2)14(19)23-16(10)21/h5-12H,4H2,1-3H3,(H,17,18). The van der Waals surface area contributed by atoms with Crippen molar-refractivity contribution in [1.29, 1.82) is 0 Å². The molecular weight excluding hydrogens is 304 g/mol. The van der Waals surface area contributed by atoms with Crippen molar-refractivity contribution < 1.29 is 33.8 Å². The lowest BCUT2D eigenvalue weighted by Crippen LogP contribution is -2.45. The first kappa shape index (κ1) is 16.0. The van der Waals surface area contributed by atoms with Gasteiger partial charge in [-0.2, -0.15) is 0 Å². The highest BCUT2D eigenvalue weighted by Crippen LogP contribution is 2.62. The van der Waals surface area contributed by atoms with Gasteiger partial charge in [-0.3, -0.25) is 19.2 Å². The first-order valence-electron chi connectivity index (χ1n) is 7.85. The van der Waals surface area contributed by atoms with Gasteiger partial charge < -0.3 is 14.6 Å². The Bertz CT molecular complexity index is 583. The molecular formula is C16H20O7. The molecule has 3 aliphatic rings. The normalized spacial score (nSPS) is 45.2. The smallest absolute Gasteiger partial charge is 0.317 e. The van der Waals surface area contributed by atoms with Crippen LogP contribution in [0.25, 0.3) is 0 Å². The molecule has 3 fully saturated rings. The monoisotopic (exact) mass is 324 g/mol. The summed E-state index contributed by atoms with van der Waals surface area (Å²) in [6.07, 6.45) is 0.563. The van der Waals surface area contributed by atoms with Crippen LogP contribution in [0.5, 0.6) is 0 Å². The molecule has 1 heterocycles. The van der Waals surface area contributed by atoms with Gasteiger partial charge in [-0.1, -0.05) is 13.8 Å².